The smallest absolute Gasteiger partial charge is 0.192 e. The van der Waals surface area contributed by atoms with Crippen molar-refractivity contribution in [1.29, 1.82) is 0 Å². The topological polar surface area (TPSA) is 26.3 Å². The van der Waals surface area contributed by atoms with Crippen molar-refractivity contribution in [1.82, 2.24) is 0 Å². The molecule has 1 aliphatic heterocycles. The fraction of sp³-hybridized carbons (Fsp3) is 0.250. The highest BCUT2D eigenvalue weighted by Crippen LogP contribution is 2.17. The molecule has 0 radical (unpaired) electrons. The minimum absolute atomic E-state index is 0.0744. The number of carbonyl (C=O) groups excluding carboxylic acids is 1. The highest BCUT2D eigenvalue weighted by atomic mass is 19.1. The van der Waals surface area contributed by atoms with Gasteiger partial charge in [0.2, 0.25) is 0 Å². The molecule has 2 rings (SSSR count). The number of benzene rings is 1. The van der Waals surface area contributed by atoms with Gasteiger partial charge in [-0.2, -0.15) is 0 Å². The van der Waals surface area contributed by atoms with Gasteiger partial charge in [0.15, 0.2) is 5.78 Å². The van der Waals surface area contributed by atoms with Crippen molar-refractivity contribution in [2.24, 2.45) is 0 Å². The summed E-state index contributed by atoms with van der Waals surface area (Å²) in [5.41, 5.74) is 1.17. The Labute approximate surface area is 87.4 Å². The molecule has 1 aromatic carbocycles. The first-order valence-corrected chi connectivity index (χ1v) is 4.88. The summed E-state index contributed by atoms with van der Waals surface area (Å²) in [4.78, 5) is 11.8. The summed E-state index contributed by atoms with van der Waals surface area (Å²) in [5.74, 6) is -0.407. The number of allylic oxidation sites excluding steroid dienone is 1. The fourth-order valence-corrected chi connectivity index (χ4v) is 1.52. The van der Waals surface area contributed by atoms with E-state index in [9.17, 15) is 9.18 Å². The SMILES string of the molecule is O=C(C1=COCCC1)c1ccc(F)cc1. The van der Waals surface area contributed by atoms with Crippen molar-refractivity contribution in [2.45, 2.75) is 12.8 Å². The van der Waals surface area contributed by atoms with Gasteiger partial charge in [-0.1, -0.05) is 0 Å². The highest BCUT2D eigenvalue weighted by Gasteiger charge is 2.14. The van der Waals surface area contributed by atoms with Crippen LogP contribution in [0.2, 0.25) is 0 Å². The van der Waals surface area contributed by atoms with Gasteiger partial charge in [0.1, 0.15) is 5.82 Å². The molecular formula is C12H11FO2. The quantitative estimate of drug-likeness (QED) is 0.695. The Morgan fingerprint density at radius 3 is 2.60 bits per heavy atom. The van der Waals surface area contributed by atoms with Gasteiger partial charge >= 0.3 is 0 Å². The van der Waals surface area contributed by atoms with Crippen molar-refractivity contribution in [3.63, 3.8) is 0 Å². The molecule has 0 N–H and O–H groups in total. The number of hydrogen-bond acceptors (Lipinski definition) is 2. The Balaban J connectivity index is 2.20. The minimum Gasteiger partial charge on any atom is -0.501 e. The molecule has 1 aromatic rings. The summed E-state index contributed by atoms with van der Waals surface area (Å²) in [5, 5.41) is 0. The van der Waals surface area contributed by atoms with Gasteiger partial charge in [0.05, 0.1) is 12.9 Å². The monoisotopic (exact) mass is 206 g/mol. The standard InChI is InChI=1S/C12H11FO2/c13-11-5-3-9(4-6-11)12(14)10-2-1-7-15-8-10/h3-6,8H,1-2,7H2. The molecule has 3 heteroatoms. The Kier molecular flexibility index (Phi) is 2.81. The molecule has 2 nitrogen and oxygen atoms in total. The maximum atomic E-state index is 12.6. The Morgan fingerprint density at radius 2 is 2.00 bits per heavy atom. The van der Waals surface area contributed by atoms with Crippen LogP contribution in [0.1, 0.15) is 23.2 Å². The Bertz CT molecular complexity index is 393. The molecule has 0 amide bonds. The molecule has 0 bridgehead atoms. The van der Waals surface area contributed by atoms with Crippen LogP contribution in [0.5, 0.6) is 0 Å². The molecule has 78 valence electrons. The predicted molar refractivity (Wildman–Crippen MR) is 54.0 cm³/mol. The lowest BCUT2D eigenvalue weighted by molar-refractivity contribution is 0.101. The van der Waals surface area contributed by atoms with E-state index < -0.39 is 0 Å². The van der Waals surface area contributed by atoms with Crippen LogP contribution in [0, 0.1) is 5.82 Å². The van der Waals surface area contributed by atoms with E-state index in [1.54, 1.807) is 0 Å². The van der Waals surface area contributed by atoms with Gasteiger partial charge in [0.25, 0.3) is 0 Å². The number of Topliss-reactive ketones (excluding diaryl/α,β-unsaturated/α-hetero) is 1. The molecule has 0 spiro atoms. The summed E-state index contributed by atoms with van der Waals surface area (Å²) in [7, 11) is 0. The van der Waals surface area contributed by atoms with E-state index in [4.69, 9.17) is 4.74 Å². The van der Waals surface area contributed by atoms with Crippen molar-refractivity contribution in [2.75, 3.05) is 6.61 Å². The number of hydrogen-bond donors (Lipinski definition) is 0. The summed E-state index contributed by atoms with van der Waals surface area (Å²) < 4.78 is 17.7. The van der Waals surface area contributed by atoms with E-state index in [1.165, 1.54) is 30.5 Å². The fourth-order valence-electron chi connectivity index (χ4n) is 1.52. The predicted octanol–water partition coefficient (Wildman–Crippen LogP) is 2.70. The van der Waals surface area contributed by atoms with Gasteiger partial charge in [-0.3, -0.25) is 4.79 Å². The summed E-state index contributed by atoms with van der Waals surface area (Å²) in [6.45, 7) is 0.667. The molecule has 15 heavy (non-hydrogen) atoms. The molecule has 1 aliphatic rings. The first kappa shape index (κ1) is 9.90. The molecule has 0 saturated carbocycles. The van der Waals surface area contributed by atoms with Crippen LogP contribution >= 0.6 is 0 Å². The maximum Gasteiger partial charge on any atom is 0.192 e. The van der Waals surface area contributed by atoms with Gasteiger partial charge in [-0.05, 0) is 37.1 Å². The van der Waals surface area contributed by atoms with E-state index in [0.29, 0.717) is 17.7 Å². The third-order valence-electron chi connectivity index (χ3n) is 2.33. The van der Waals surface area contributed by atoms with Crippen LogP contribution in [-0.4, -0.2) is 12.4 Å². The summed E-state index contributed by atoms with van der Waals surface area (Å²) in [6.07, 6.45) is 3.10. The Morgan fingerprint density at radius 1 is 1.27 bits per heavy atom. The highest BCUT2D eigenvalue weighted by molar-refractivity contribution is 6.08. The first-order chi connectivity index (χ1) is 7.27. The molecule has 0 fully saturated rings. The normalized spacial score (nSPS) is 15.4. The molecule has 0 aromatic heterocycles. The lowest BCUT2D eigenvalue weighted by atomic mass is 10.00. The van der Waals surface area contributed by atoms with Crippen LogP contribution in [0.4, 0.5) is 4.39 Å². The molecule has 0 aliphatic carbocycles. The third kappa shape index (κ3) is 2.24. The lowest BCUT2D eigenvalue weighted by Crippen LogP contribution is -2.09. The van der Waals surface area contributed by atoms with Crippen LogP contribution in [0.25, 0.3) is 0 Å². The maximum absolute atomic E-state index is 12.6. The van der Waals surface area contributed by atoms with Gasteiger partial charge < -0.3 is 4.74 Å². The second-order valence-electron chi connectivity index (χ2n) is 3.45. The molecule has 0 atom stereocenters. The zero-order valence-electron chi connectivity index (χ0n) is 8.20. The molecule has 0 saturated heterocycles. The third-order valence-corrected chi connectivity index (χ3v) is 2.33. The number of halogens is 1. The number of ether oxygens (including phenoxy) is 1. The van der Waals surface area contributed by atoms with Crippen LogP contribution in [-0.2, 0) is 4.74 Å². The first-order valence-electron chi connectivity index (χ1n) is 4.88. The van der Waals surface area contributed by atoms with E-state index in [2.05, 4.69) is 0 Å². The van der Waals surface area contributed by atoms with E-state index in [-0.39, 0.29) is 11.6 Å². The van der Waals surface area contributed by atoms with Crippen molar-refractivity contribution < 1.29 is 13.9 Å². The summed E-state index contributed by atoms with van der Waals surface area (Å²) >= 11 is 0. The van der Waals surface area contributed by atoms with E-state index in [1.807, 2.05) is 0 Å². The largest absolute Gasteiger partial charge is 0.501 e. The van der Waals surface area contributed by atoms with Gasteiger partial charge in [-0.15, -0.1) is 0 Å². The number of ketones is 1. The van der Waals surface area contributed by atoms with Crippen LogP contribution < -0.4 is 0 Å². The second kappa shape index (κ2) is 4.26. The molecular weight excluding hydrogens is 195 g/mol. The second-order valence-corrected chi connectivity index (χ2v) is 3.45. The van der Waals surface area contributed by atoms with Crippen LogP contribution in [0.15, 0.2) is 36.1 Å². The average molecular weight is 206 g/mol. The summed E-state index contributed by atoms with van der Waals surface area (Å²) in [6, 6.07) is 5.56. The van der Waals surface area contributed by atoms with Crippen molar-refractivity contribution in [3.8, 4) is 0 Å². The average Bonchev–Trinajstić information content (AvgIpc) is 2.30. The lowest BCUT2D eigenvalue weighted by Gasteiger charge is -2.12. The van der Waals surface area contributed by atoms with Crippen molar-refractivity contribution in [3.05, 3.63) is 47.5 Å². The number of rotatable bonds is 2. The molecule has 0 unspecified atom stereocenters. The Hall–Kier alpha value is -1.64. The van der Waals surface area contributed by atoms with E-state index >= 15 is 0 Å². The molecule has 1 heterocycles. The van der Waals surface area contributed by atoms with Gasteiger partial charge in [-0.25, -0.2) is 4.39 Å². The minimum atomic E-state index is -0.333. The zero-order chi connectivity index (χ0) is 10.7. The van der Waals surface area contributed by atoms with Gasteiger partial charge in [0, 0.05) is 11.1 Å². The van der Waals surface area contributed by atoms with Crippen LogP contribution in [0.3, 0.4) is 0 Å². The van der Waals surface area contributed by atoms with Crippen molar-refractivity contribution >= 4 is 5.78 Å². The van der Waals surface area contributed by atoms with E-state index in [0.717, 1.165) is 12.8 Å². The number of carbonyl (C=O) groups is 1. The zero-order valence-corrected chi connectivity index (χ0v) is 8.20.